The van der Waals surface area contributed by atoms with Crippen molar-refractivity contribution in [3.8, 4) is 0 Å². The van der Waals surface area contributed by atoms with E-state index in [9.17, 15) is 5.11 Å². The van der Waals surface area contributed by atoms with Crippen LogP contribution in [0.25, 0.3) is 0 Å². The van der Waals surface area contributed by atoms with Gasteiger partial charge in [-0.1, -0.05) is 23.7 Å². The normalized spacial score (nSPS) is 24.6. The number of ether oxygens (including phenoxy) is 1. The molecule has 1 aromatic carbocycles. The average Bonchev–Trinajstić information content (AvgIpc) is 2.40. The Kier molecular flexibility index (Phi) is 5.19. The summed E-state index contributed by atoms with van der Waals surface area (Å²) in [5.41, 5.74) is 7.72. The lowest BCUT2D eigenvalue weighted by molar-refractivity contribution is -0.0972. The minimum atomic E-state index is -0.106. The first kappa shape index (κ1) is 14.8. The van der Waals surface area contributed by atoms with Crippen molar-refractivity contribution < 1.29 is 9.84 Å². The Hall–Kier alpha value is -0.650. The Bertz CT molecular complexity index is 428. The predicted molar refractivity (Wildman–Crippen MR) is 76.0 cm³/mol. The first-order chi connectivity index (χ1) is 9.12. The largest absolute Gasteiger partial charge is 0.394 e. The zero-order valence-electron chi connectivity index (χ0n) is 11.2. The molecule has 3 N–H and O–H groups in total. The summed E-state index contributed by atoms with van der Waals surface area (Å²) in [6, 6.07) is 5.96. The van der Waals surface area contributed by atoms with Crippen LogP contribution in [0, 0.1) is 0 Å². The molecule has 0 amide bonds. The van der Waals surface area contributed by atoms with Crippen molar-refractivity contribution in [3.63, 3.8) is 0 Å². The van der Waals surface area contributed by atoms with E-state index >= 15 is 0 Å². The van der Waals surface area contributed by atoms with Crippen molar-refractivity contribution in [2.45, 2.75) is 32.2 Å². The second kappa shape index (κ2) is 6.68. The maximum absolute atomic E-state index is 9.22. The van der Waals surface area contributed by atoms with Crippen LogP contribution in [0.4, 0.5) is 0 Å². The van der Waals surface area contributed by atoms with Crippen LogP contribution < -0.4 is 5.73 Å². The number of morpholine rings is 1. The number of aliphatic hydroxyl groups excluding tert-OH is 1. The van der Waals surface area contributed by atoms with Gasteiger partial charge in [0.1, 0.15) is 0 Å². The third-order valence-corrected chi connectivity index (χ3v) is 3.70. The fourth-order valence-electron chi connectivity index (χ4n) is 2.46. The molecule has 0 aliphatic carbocycles. The van der Waals surface area contributed by atoms with Gasteiger partial charge >= 0.3 is 0 Å². The summed E-state index contributed by atoms with van der Waals surface area (Å²) >= 11 is 6.27. The zero-order chi connectivity index (χ0) is 13.8. The van der Waals surface area contributed by atoms with E-state index in [-0.39, 0.29) is 18.8 Å². The Morgan fingerprint density at radius 2 is 2.26 bits per heavy atom. The van der Waals surface area contributed by atoms with Crippen molar-refractivity contribution in [1.29, 1.82) is 0 Å². The number of benzene rings is 1. The van der Waals surface area contributed by atoms with Crippen molar-refractivity contribution >= 4 is 11.6 Å². The first-order valence-corrected chi connectivity index (χ1v) is 6.96. The molecule has 106 valence electrons. The van der Waals surface area contributed by atoms with E-state index in [4.69, 9.17) is 22.1 Å². The Morgan fingerprint density at radius 3 is 2.89 bits per heavy atom. The van der Waals surface area contributed by atoms with Gasteiger partial charge in [0.25, 0.3) is 0 Å². The summed E-state index contributed by atoms with van der Waals surface area (Å²) in [7, 11) is 0. The highest BCUT2D eigenvalue weighted by Gasteiger charge is 2.24. The molecule has 2 rings (SSSR count). The molecule has 0 bridgehead atoms. The SMILES string of the molecule is CC1CN(Cc2ccc(CN)cc2Cl)CC(CO)O1. The molecule has 0 saturated carbocycles. The number of hydrogen-bond donors (Lipinski definition) is 2. The molecule has 5 heteroatoms. The number of hydrogen-bond acceptors (Lipinski definition) is 4. The first-order valence-electron chi connectivity index (χ1n) is 6.58. The van der Waals surface area contributed by atoms with Gasteiger partial charge in [-0.25, -0.2) is 0 Å². The van der Waals surface area contributed by atoms with E-state index in [1.807, 2.05) is 25.1 Å². The minimum absolute atomic E-state index is 0.0562. The highest BCUT2D eigenvalue weighted by molar-refractivity contribution is 6.31. The number of aliphatic hydroxyl groups is 1. The lowest BCUT2D eigenvalue weighted by atomic mass is 10.1. The molecular weight excluding hydrogens is 264 g/mol. The maximum Gasteiger partial charge on any atom is 0.0936 e. The summed E-state index contributed by atoms with van der Waals surface area (Å²) in [6.45, 7) is 4.94. The molecular formula is C14H21ClN2O2. The molecule has 19 heavy (non-hydrogen) atoms. The Labute approximate surface area is 119 Å². The zero-order valence-corrected chi connectivity index (χ0v) is 11.9. The van der Waals surface area contributed by atoms with E-state index in [1.165, 1.54) is 0 Å². The molecule has 2 atom stereocenters. The average molecular weight is 285 g/mol. The van der Waals surface area contributed by atoms with Gasteiger partial charge in [-0.3, -0.25) is 4.90 Å². The third kappa shape index (κ3) is 3.91. The van der Waals surface area contributed by atoms with E-state index in [0.717, 1.165) is 35.8 Å². The van der Waals surface area contributed by atoms with E-state index < -0.39 is 0 Å². The van der Waals surface area contributed by atoms with E-state index in [0.29, 0.717) is 6.54 Å². The van der Waals surface area contributed by atoms with Gasteiger partial charge in [0.2, 0.25) is 0 Å². The van der Waals surface area contributed by atoms with Gasteiger partial charge in [-0.15, -0.1) is 0 Å². The van der Waals surface area contributed by atoms with Crippen LogP contribution in [0.2, 0.25) is 5.02 Å². The highest BCUT2D eigenvalue weighted by atomic mass is 35.5. The Balaban J connectivity index is 2.04. The molecule has 1 aromatic rings. The van der Waals surface area contributed by atoms with Gasteiger partial charge in [-0.2, -0.15) is 0 Å². The van der Waals surface area contributed by atoms with Crippen molar-refractivity contribution in [2.24, 2.45) is 5.73 Å². The summed E-state index contributed by atoms with van der Waals surface area (Å²) < 4.78 is 5.63. The van der Waals surface area contributed by atoms with Gasteiger partial charge in [0.05, 0.1) is 18.8 Å². The molecule has 0 radical (unpaired) electrons. The smallest absolute Gasteiger partial charge is 0.0936 e. The minimum Gasteiger partial charge on any atom is -0.394 e. The molecule has 0 spiro atoms. The molecule has 1 fully saturated rings. The lowest BCUT2D eigenvalue weighted by Crippen LogP contribution is -2.47. The summed E-state index contributed by atoms with van der Waals surface area (Å²) in [5, 5.41) is 9.98. The second-order valence-electron chi connectivity index (χ2n) is 5.08. The molecule has 1 heterocycles. The predicted octanol–water partition coefficient (Wildman–Crippen LogP) is 1.38. The summed E-state index contributed by atoms with van der Waals surface area (Å²) in [5.74, 6) is 0. The molecule has 0 aromatic heterocycles. The third-order valence-electron chi connectivity index (χ3n) is 3.35. The van der Waals surface area contributed by atoms with Crippen LogP contribution >= 0.6 is 11.6 Å². The summed E-state index contributed by atoms with van der Waals surface area (Å²) in [6.07, 6.45) is 0.0267. The number of nitrogens with zero attached hydrogens (tertiary/aromatic N) is 1. The van der Waals surface area contributed by atoms with Crippen LogP contribution in [0.15, 0.2) is 18.2 Å². The topological polar surface area (TPSA) is 58.7 Å². The second-order valence-corrected chi connectivity index (χ2v) is 5.48. The molecule has 2 unspecified atom stereocenters. The van der Waals surface area contributed by atoms with Crippen LogP contribution in [0.1, 0.15) is 18.1 Å². The van der Waals surface area contributed by atoms with Crippen LogP contribution in [0.5, 0.6) is 0 Å². The molecule has 1 aliphatic heterocycles. The van der Waals surface area contributed by atoms with Gasteiger partial charge in [0, 0.05) is 31.2 Å². The van der Waals surface area contributed by atoms with Crippen LogP contribution in [-0.2, 0) is 17.8 Å². The monoisotopic (exact) mass is 284 g/mol. The number of rotatable bonds is 4. The van der Waals surface area contributed by atoms with Crippen LogP contribution in [0.3, 0.4) is 0 Å². The standard InChI is InChI=1S/C14H21ClN2O2/c1-10-6-17(8-13(9-18)19-10)7-12-3-2-11(5-16)4-14(12)15/h2-4,10,13,18H,5-9,16H2,1H3. The quantitative estimate of drug-likeness (QED) is 0.877. The van der Waals surface area contributed by atoms with Crippen LogP contribution in [-0.4, -0.2) is 41.9 Å². The van der Waals surface area contributed by atoms with Crippen molar-refractivity contribution in [1.82, 2.24) is 4.90 Å². The van der Waals surface area contributed by atoms with E-state index in [1.54, 1.807) is 0 Å². The highest BCUT2D eigenvalue weighted by Crippen LogP contribution is 2.21. The fourth-order valence-corrected chi connectivity index (χ4v) is 2.72. The fraction of sp³-hybridized carbons (Fsp3) is 0.571. The van der Waals surface area contributed by atoms with Crippen molar-refractivity contribution in [3.05, 3.63) is 34.3 Å². The Morgan fingerprint density at radius 1 is 1.47 bits per heavy atom. The van der Waals surface area contributed by atoms with Crippen molar-refractivity contribution in [2.75, 3.05) is 19.7 Å². The van der Waals surface area contributed by atoms with E-state index in [2.05, 4.69) is 4.90 Å². The number of halogens is 1. The van der Waals surface area contributed by atoms with Gasteiger partial charge in [-0.05, 0) is 24.1 Å². The summed E-state index contributed by atoms with van der Waals surface area (Å²) in [4.78, 5) is 2.26. The van der Waals surface area contributed by atoms with Gasteiger partial charge in [0.15, 0.2) is 0 Å². The molecule has 4 nitrogen and oxygen atoms in total. The lowest BCUT2D eigenvalue weighted by Gasteiger charge is -2.36. The molecule has 1 saturated heterocycles. The molecule has 1 aliphatic rings. The van der Waals surface area contributed by atoms with Gasteiger partial charge < -0.3 is 15.6 Å². The maximum atomic E-state index is 9.22. The number of nitrogens with two attached hydrogens (primary N) is 1.